The van der Waals surface area contributed by atoms with Crippen LogP contribution in [0.3, 0.4) is 0 Å². The molecule has 43 heavy (non-hydrogen) atoms. The lowest BCUT2D eigenvalue weighted by molar-refractivity contribution is 0.0964. The third-order valence-electron chi connectivity index (χ3n) is 7.24. The van der Waals surface area contributed by atoms with Crippen molar-refractivity contribution in [3.63, 3.8) is 0 Å². The predicted octanol–water partition coefficient (Wildman–Crippen LogP) is 6.27. The number of benzene rings is 3. The van der Waals surface area contributed by atoms with Gasteiger partial charge in [0.25, 0.3) is 11.5 Å². The third-order valence-corrected chi connectivity index (χ3v) is 7.98. The number of halogens is 2. The molecule has 216 valence electrons. The summed E-state index contributed by atoms with van der Waals surface area (Å²) in [6.45, 7) is 0.134. The Morgan fingerprint density at radius 3 is 2.42 bits per heavy atom. The number of furan rings is 1. The molecule has 0 radical (unpaired) electrons. The average molecular weight is 598 g/mol. The molecule has 6 aromatic rings. The minimum absolute atomic E-state index is 0.134. The van der Waals surface area contributed by atoms with Crippen LogP contribution in [-0.4, -0.2) is 40.8 Å². The molecule has 11 heteroatoms. The maximum Gasteiger partial charge on any atom is 0.261 e. The second-order valence-electron chi connectivity index (χ2n) is 9.82. The van der Waals surface area contributed by atoms with Crippen molar-refractivity contribution in [2.45, 2.75) is 6.54 Å². The number of amides is 1. The first-order valence-corrected chi connectivity index (χ1v) is 14.4. The van der Waals surface area contributed by atoms with E-state index in [-0.39, 0.29) is 18.0 Å². The molecule has 1 amide bonds. The van der Waals surface area contributed by atoms with Crippen molar-refractivity contribution in [2.24, 2.45) is 0 Å². The summed E-state index contributed by atoms with van der Waals surface area (Å²) in [5, 5.41) is 3.65. The fourth-order valence-electron chi connectivity index (χ4n) is 4.99. The summed E-state index contributed by atoms with van der Waals surface area (Å²) in [7, 11) is 3.44. The molecule has 0 bridgehead atoms. The molecule has 0 saturated carbocycles. The van der Waals surface area contributed by atoms with E-state index in [0.717, 1.165) is 23.0 Å². The van der Waals surface area contributed by atoms with Gasteiger partial charge in [0, 0.05) is 42.9 Å². The highest BCUT2D eigenvalue weighted by Gasteiger charge is 2.24. The second kappa shape index (κ2) is 11.3. The molecule has 0 atom stereocenters. The Kier molecular flexibility index (Phi) is 7.41. The highest BCUT2D eigenvalue weighted by Crippen LogP contribution is 2.42. The SMILES string of the molecule is CNC(=O)c1c(-c2ccc(F)cc2)oc2cc(N(C)SC)c(-c3ccc4ncn(Cc5ccc(F)cn5)c(=O)c4c3)cc12. The number of nitrogens with zero attached hydrogens (tertiary/aromatic N) is 4. The fraction of sp³-hybridized carbons (Fsp3) is 0.125. The molecule has 3 heterocycles. The van der Waals surface area contributed by atoms with Crippen LogP contribution in [0.5, 0.6) is 0 Å². The number of carbonyl (C=O) groups excluding carboxylic acids is 1. The first kappa shape index (κ1) is 28.1. The highest BCUT2D eigenvalue weighted by atomic mass is 32.2. The number of rotatable bonds is 7. The van der Waals surface area contributed by atoms with Gasteiger partial charge in [-0.1, -0.05) is 18.0 Å². The largest absolute Gasteiger partial charge is 0.455 e. The van der Waals surface area contributed by atoms with Crippen LogP contribution in [-0.2, 0) is 6.54 Å². The Balaban J connectivity index is 1.54. The van der Waals surface area contributed by atoms with Gasteiger partial charge in [-0.2, -0.15) is 0 Å². The van der Waals surface area contributed by atoms with E-state index in [1.807, 2.05) is 35.8 Å². The van der Waals surface area contributed by atoms with E-state index in [9.17, 15) is 18.4 Å². The van der Waals surface area contributed by atoms with Crippen LogP contribution < -0.4 is 15.2 Å². The van der Waals surface area contributed by atoms with Gasteiger partial charge in [0.15, 0.2) is 0 Å². The number of hydrogen-bond donors (Lipinski definition) is 1. The van der Waals surface area contributed by atoms with Crippen LogP contribution in [0.25, 0.3) is 44.3 Å². The standard InChI is InChI=1S/C32H25F2N5O3S/c1-35-31(40)29-25-13-23(27(38(2)43-3)14-28(25)42-30(29)18-4-7-20(33)8-5-18)19-6-11-26-24(12-19)32(41)39(17-37-26)16-22-10-9-21(34)15-36-22/h4-15,17H,16H2,1-3H3,(H,35,40). The monoisotopic (exact) mass is 597 g/mol. The number of hydrogen-bond acceptors (Lipinski definition) is 7. The van der Waals surface area contributed by atoms with Gasteiger partial charge in [-0.25, -0.2) is 13.8 Å². The summed E-state index contributed by atoms with van der Waals surface area (Å²) >= 11 is 1.49. The number of aromatic nitrogens is 3. The quantitative estimate of drug-likeness (QED) is 0.217. The summed E-state index contributed by atoms with van der Waals surface area (Å²) in [5.41, 5.74) is 4.42. The van der Waals surface area contributed by atoms with Crippen molar-refractivity contribution in [1.29, 1.82) is 0 Å². The van der Waals surface area contributed by atoms with Gasteiger partial charge < -0.3 is 14.0 Å². The Hall–Kier alpha value is -5.03. The fourth-order valence-corrected chi connectivity index (χ4v) is 5.34. The molecule has 0 aliphatic rings. The molecule has 3 aromatic carbocycles. The van der Waals surface area contributed by atoms with Gasteiger partial charge in [0.05, 0.1) is 46.9 Å². The Morgan fingerprint density at radius 2 is 1.72 bits per heavy atom. The Bertz CT molecular complexity index is 2060. The second-order valence-corrected chi connectivity index (χ2v) is 10.7. The van der Waals surface area contributed by atoms with Gasteiger partial charge in [-0.05, 0) is 60.2 Å². The number of carbonyl (C=O) groups is 1. The normalized spacial score (nSPS) is 11.3. The molecule has 1 N–H and O–H groups in total. The molecular weight excluding hydrogens is 572 g/mol. The van der Waals surface area contributed by atoms with Gasteiger partial charge in [0.1, 0.15) is 23.0 Å². The number of nitrogens with one attached hydrogen (secondary N) is 1. The molecule has 0 spiro atoms. The molecule has 0 aliphatic carbocycles. The topological polar surface area (TPSA) is 93.3 Å². The summed E-state index contributed by atoms with van der Waals surface area (Å²) in [5.74, 6) is -0.882. The Morgan fingerprint density at radius 1 is 0.977 bits per heavy atom. The molecule has 0 unspecified atom stereocenters. The molecule has 3 aromatic heterocycles. The van der Waals surface area contributed by atoms with Crippen molar-refractivity contribution >= 4 is 45.4 Å². The number of anilines is 1. The van der Waals surface area contributed by atoms with E-state index < -0.39 is 11.6 Å². The van der Waals surface area contributed by atoms with Crippen LogP contribution in [0.2, 0.25) is 0 Å². The van der Waals surface area contributed by atoms with Crippen LogP contribution in [0, 0.1) is 11.6 Å². The molecule has 0 fully saturated rings. The zero-order chi connectivity index (χ0) is 30.2. The minimum Gasteiger partial charge on any atom is -0.455 e. The average Bonchev–Trinajstić information content (AvgIpc) is 3.40. The summed E-state index contributed by atoms with van der Waals surface area (Å²) in [4.78, 5) is 35.2. The molecule has 6 rings (SSSR count). The van der Waals surface area contributed by atoms with Crippen LogP contribution >= 0.6 is 11.9 Å². The number of fused-ring (bicyclic) bond motifs is 2. The first-order valence-electron chi connectivity index (χ1n) is 13.2. The summed E-state index contributed by atoms with van der Waals surface area (Å²) in [6.07, 6.45) is 4.49. The molecule has 0 saturated heterocycles. The van der Waals surface area contributed by atoms with E-state index in [2.05, 4.69) is 15.3 Å². The van der Waals surface area contributed by atoms with E-state index in [1.54, 1.807) is 24.3 Å². The lowest BCUT2D eigenvalue weighted by atomic mass is 9.97. The lowest BCUT2D eigenvalue weighted by Gasteiger charge is -2.20. The Labute approximate surface area is 249 Å². The molecular formula is C32H25F2N5O3S. The van der Waals surface area contributed by atoms with Crippen molar-refractivity contribution in [2.75, 3.05) is 24.7 Å². The van der Waals surface area contributed by atoms with Crippen LogP contribution in [0.1, 0.15) is 16.1 Å². The van der Waals surface area contributed by atoms with Crippen molar-refractivity contribution in [3.8, 4) is 22.5 Å². The molecule has 8 nitrogen and oxygen atoms in total. The first-order chi connectivity index (χ1) is 20.8. The van der Waals surface area contributed by atoms with E-state index in [4.69, 9.17) is 4.42 Å². The van der Waals surface area contributed by atoms with Gasteiger partial charge >= 0.3 is 0 Å². The predicted molar refractivity (Wildman–Crippen MR) is 165 cm³/mol. The maximum atomic E-state index is 13.7. The zero-order valence-corrected chi connectivity index (χ0v) is 24.2. The summed E-state index contributed by atoms with van der Waals surface area (Å²) in [6, 6.07) is 17.7. The highest BCUT2D eigenvalue weighted by molar-refractivity contribution is 7.99. The van der Waals surface area contributed by atoms with E-state index >= 15 is 0 Å². The van der Waals surface area contributed by atoms with E-state index in [1.165, 1.54) is 54.2 Å². The van der Waals surface area contributed by atoms with Crippen LogP contribution in [0.15, 0.2) is 88.5 Å². The zero-order valence-electron chi connectivity index (χ0n) is 23.4. The van der Waals surface area contributed by atoms with Crippen LogP contribution in [0.4, 0.5) is 14.5 Å². The minimum atomic E-state index is -0.456. The van der Waals surface area contributed by atoms with Gasteiger partial charge in [-0.3, -0.25) is 19.1 Å². The number of pyridine rings is 1. The maximum absolute atomic E-state index is 13.7. The van der Waals surface area contributed by atoms with Crippen molar-refractivity contribution in [1.82, 2.24) is 19.9 Å². The van der Waals surface area contributed by atoms with E-state index in [0.29, 0.717) is 44.5 Å². The van der Waals surface area contributed by atoms with Gasteiger partial charge in [0.2, 0.25) is 0 Å². The molecule has 0 aliphatic heterocycles. The smallest absolute Gasteiger partial charge is 0.261 e. The third kappa shape index (κ3) is 5.23. The summed E-state index contributed by atoms with van der Waals surface area (Å²) < 4.78 is 36.6. The lowest BCUT2D eigenvalue weighted by Crippen LogP contribution is -2.21. The van der Waals surface area contributed by atoms with Gasteiger partial charge in [-0.15, -0.1) is 0 Å². The van der Waals surface area contributed by atoms with Crippen molar-refractivity contribution in [3.05, 3.63) is 112 Å². The van der Waals surface area contributed by atoms with Crippen molar-refractivity contribution < 1.29 is 18.0 Å².